The highest BCUT2D eigenvalue weighted by atomic mass is 16.3. The van der Waals surface area contributed by atoms with Gasteiger partial charge in [0, 0.05) is 19.1 Å². The van der Waals surface area contributed by atoms with E-state index in [0.717, 1.165) is 12.8 Å². The molecule has 2 rings (SSSR count). The summed E-state index contributed by atoms with van der Waals surface area (Å²) >= 11 is 0. The fraction of sp³-hybridized carbons (Fsp3) is 0.500. The predicted octanol–water partition coefficient (Wildman–Crippen LogP) is 0.0630. The van der Waals surface area contributed by atoms with Gasteiger partial charge in [-0.15, -0.1) is 0 Å². The maximum absolute atomic E-state index is 9.35. The second kappa shape index (κ2) is 4.75. The molecule has 0 saturated carbocycles. The van der Waals surface area contributed by atoms with Gasteiger partial charge in [0.1, 0.15) is 0 Å². The number of nitrogens with two attached hydrogens (primary N) is 1. The van der Waals surface area contributed by atoms with E-state index in [4.69, 9.17) is 5.73 Å². The average molecular weight is 206 g/mol. The molecular weight excluding hydrogens is 188 g/mol. The van der Waals surface area contributed by atoms with Gasteiger partial charge < -0.3 is 16.2 Å². The molecule has 82 valence electrons. The lowest BCUT2D eigenvalue weighted by Crippen LogP contribution is -2.39. The predicted molar refractivity (Wildman–Crippen MR) is 60.7 cm³/mol. The van der Waals surface area contributed by atoms with E-state index in [2.05, 4.69) is 29.6 Å². The van der Waals surface area contributed by atoms with Gasteiger partial charge in [-0.05, 0) is 24.0 Å². The zero-order valence-corrected chi connectivity index (χ0v) is 8.82. The molecule has 0 fully saturated rings. The molecule has 0 unspecified atom stereocenters. The summed E-state index contributed by atoms with van der Waals surface area (Å²) in [7, 11) is 0. The van der Waals surface area contributed by atoms with Crippen LogP contribution in [-0.2, 0) is 12.8 Å². The van der Waals surface area contributed by atoms with E-state index in [0.29, 0.717) is 19.1 Å². The lowest BCUT2D eigenvalue weighted by Gasteiger charge is -2.14. The Bertz CT molecular complexity index is 302. The highest BCUT2D eigenvalue weighted by Gasteiger charge is 2.20. The van der Waals surface area contributed by atoms with Crippen LogP contribution in [-0.4, -0.2) is 30.3 Å². The second-order valence-corrected chi connectivity index (χ2v) is 4.17. The van der Waals surface area contributed by atoms with E-state index in [1.807, 2.05) is 0 Å². The topological polar surface area (TPSA) is 58.3 Å². The van der Waals surface area contributed by atoms with Crippen LogP contribution >= 0.6 is 0 Å². The van der Waals surface area contributed by atoms with E-state index in [1.165, 1.54) is 11.1 Å². The molecule has 1 atom stereocenters. The summed E-state index contributed by atoms with van der Waals surface area (Å²) in [6.07, 6.45) is 1.70. The molecule has 0 aromatic heterocycles. The molecule has 0 heterocycles. The van der Waals surface area contributed by atoms with Crippen LogP contribution in [0.2, 0.25) is 0 Å². The third-order valence-electron chi connectivity index (χ3n) is 2.97. The molecule has 1 aliphatic rings. The lowest BCUT2D eigenvalue weighted by molar-refractivity contribution is 0.175. The van der Waals surface area contributed by atoms with Crippen LogP contribution in [0.15, 0.2) is 24.3 Å². The molecule has 1 aromatic carbocycles. The summed E-state index contributed by atoms with van der Waals surface area (Å²) in [5.74, 6) is 0. The van der Waals surface area contributed by atoms with Gasteiger partial charge in [0.25, 0.3) is 0 Å². The Balaban J connectivity index is 1.85. The molecule has 3 nitrogen and oxygen atoms in total. The van der Waals surface area contributed by atoms with Crippen molar-refractivity contribution >= 4 is 0 Å². The van der Waals surface area contributed by atoms with Crippen LogP contribution < -0.4 is 11.1 Å². The van der Waals surface area contributed by atoms with Crippen molar-refractivity contribution in [3.8, 4) is 0 Å². The maximum Gasteiger partial charge on any atom is 0.0786 e. The highest BCUT2D eigenvalue weighted by molar-refractivity contribution is 5.33. The van der Waals surface area contributed by atoms with E-state index in [-0.39, 0.29) is 0 Å². The SMILES string of the molecule is NC[C@@H](O)CNC1Cc2ccccc2C1. The molecule has 0 spiro atoms. The van der Waals surface area contributed by atoms with Crippen molar-refractivity contribution in [1.82, 2.24) is 5.32 Å². The number of benzene rings is 1. The largest absolute Gasteiger partial charge is 0.390 e. The van der Waals surface area contributed by atoms with Crippen molar-refractivity contribution in [2.45, 2.75) is 25.0 Å². The molecule has 15 heavy (non-hydrogen) atoms. The Morgan fingerprint density at radius 2 is 1.93 bits per heavy atom. The minimum absolute atomic E-state index is 0.326. The van der Waals surface area contributed by atoms with Gasteiger partial charge in [0.15, 0.2) is 0 Å². The number of hydrogen-bond acceptors (Lipinski definition) is 3. The van der Waals surface area contributed by atoms with Crippen LogP contribution in [0.25, 0.3) is 0 Å². The average Bonchev–Trinajstić information content (AvgIpc) is 2.68. The summed E-state index contributed by atoms with van der Waals surface area (Å²) in [5.41, 5.74) is 8.21. The van der Waals surface area contributed by atoms with Crippen molar-refractivity contribution in [2.24, 2.45) is 5.73 Å². The zero-order valence-electron chi connectivity index (χ0n) is 8.82. The van der Waals surface area contributed by atoms with Crippen molar-refractivity contribution in [1.29, 1.82) is 0 Å². The second-order valence-electron chi connectivity index (χ2n) is 4.17. The van der Waals surface area contributed by atoms with E-state index >= 15 is 0 Å². The monoisotopic (exact) mass is 206 g/mol. The Morgan fingerprint density at radius 3 is 2.47 bits per heavy atom. The first-order valence-electron chi connectivity index (χ1n) is 5.48. The molecular formula is C12H18N2O. The van der Waals surface area contributed by atoms with Crippen molar-refractivity contribution in [3.05, 3.63) is 35.4 Å². The smallest absolute Gasteiger partial charge is 0.0786 e. The van der Waals surface area contributed by atoms with Gasteiger partial charge in [0.2, 0.25) is 0 Å². The van der Waals surface area contributed by atoms with E-state index < -0.39 is 6.10 Å². The summed E-state index contributed by atoms with van der Waals surface area (Å²) in [6.45, 7) is 0.918. The van der Waals surface area contributed by atoms with Gasteiger partial charge in [-0.25, -0.2) is 0 Å². The zero-order chi connectivity index (χ0) is 10.7. The molecule has 0 saturated heterocycles. The van der Waals surface area contributed by atoms with Crippen molar-refractivity contribution in [3.63, 3.8) is 0 Å². The maximum atomic E-state index is 9.35. The summed E-state index contributed by atoms with van der Waals surface area (Å²) in [5, 5.41) is 12.7. The molecule has 3 heteroatoms. The van der Waals surface area contributed by atoms with Gasteiger partial charge in [-0.1, -0.05) is 24.3 Å². The molecule has 4 N–H and O–H groups in total. The molecule has 0 amide bonds. The molecule has 0 bridgehead atoms. The van der Waals surface area contributed by atoms with Crippen LogP contribution in [0.1, 0.15) is 11.1 Å². The third kappa shape index (κ3) is 2.56. The fourth-order valence-electron chi connectivity index (χ4n) is 2.09. The Labute approximate surface area is 90.3 Å². The fourth-order valence-corrected chi connectivity index (χ4v) is 2.09. The molecule has 1 aliphatic carbocycles. The standard InChI is InChI=1S/C12H18N2O/c13-7-12(15)8-14-11-5-9-3-1-2-4-10(9)6-11/h1-4,11-12,14-15H,5-8,13H2/t12-/m1/s1. The van der Waals surface area contributed by atoms with Crippen LogP contribution in [0, 0.1) is 0 Å². The van der Waals surface area contributed by atoms with Gasteiger partial charge >= 0.3 is 0 Å². The number of nitrogens with one attached hydrogen (secondary N) is 1. The van der Waals surface area contributed by atoms with Gasteiger partial charge in [-0.3, -0.25) is 0 Å². The Morgan fingerprint density at radius 1 is 1.33 bits per heavy atom. The first-order valence-corrected chi connectivity index (χ1v) is 5.48. The number of aliphatic hydroxyl groups excluding tert-OH is 1. The molecule has 0 radical (unpaired) electrons. The first kappa shape index (κ1) is 10.6. The minimum Gasteiger partial charge on any atom is -0.390 e. The van der Waals surface area contributed by atoms with Crippen molar-refractivity contribution < 1.29 is 5.11 Å². The number of hydrogen-bond donors (Lipinski definition) is 3. The summed E-state index contributed by atoms with van der Waals surface area (Å²) in [4.78, 5) is 0. The van der Waals surface area contributed by atoms with E-state index in [1.54, 1.807) is 0 Å². The summed E-state index contributed by atoms with van der Waals surface area (Å²) in [6, 6.07) is 8.97. The van der Waals surface area contributed by atoms with Crippen LogP contribution in [0.5, 0.6) is 0 Å². The number of rotatable bonds is 4. The number of aliphatic hydroxyl groups is 1. The third-order valence-corrected chi connectivity index (χ3v) is 2.97. The Kier molecular flexibility index (Phi) is 3.36. The highest BCUT2D eigenvalue weighted by Crippen LogP contribution is 2.21. The lowest BCUT2D eigenvalue weighted by atomic mass is 10.1. The van der Waals surface area contributed by atoms with Gasteiger partial charge in [0.05, 0.1) is 6.10 Å². The minimum atomic E-state index is -0.422. The normalized spacial score (nSPS) is 17.7. The van der Waals surface area contributed by atoms with Crippen LogP contribution in [0.4, 0.5) is 0 Å². The van der Waals surface area contributed by atoms with Gasteiger partial charge in [-0.2, -0.15) is 0 Å². The quantitative estimate of drug-likeness (QED) is 0.653. The number of fused-ring (bicyclic) bond motifs is 1. The van der Waals surface area contributed by atoms with E-state index in [9.17, 15) is 5.11 Å². The Hall–Kier alpha value is -0.900. The molecule has 0 aliphatic heterocycles. The van der Waals surface area contributed by atoms with Crippen molar-refractivity contribution in [2.75, 3.05) is 13.1 Å². The van der Waals surface area contributed by atoms with Crippen LogP contribution in [0.3, 0.4) is 0 Å². The first-order chi connectivity index (χ1) is 7.29. The molecule has 1 aromatic rings. The summed E-state index contributed by atoms with van der Waals surface area (Å²) < 4.78 is 0.